The van der Waals surface area contributed by atoms with Gasteiger partial charge in [0.15, 0.2) is 8.32 Å². The Morgan fingerprint density at radius 2 is 1.74 bits per heavy atom. The first-order valence-electron chi connectivity index (χ1n) is 6.41. The van der Waals surface area contributed by atoms with Crippen molar-refractivity contribution in [2.75, 3.05) is 6.61 Å². The molecule has 0 aliphatic rings. The molecule has 0 atom stereocenters. The summed E-state index contributed by atoms with van der Waals surface area (Å²) in [6.45, 7) is 21.5. The third-order valence-electron chi connectivity index (χ3n) is 3.18. The molecule has 0 aliphatic heterocycles. The van der Waals surface area contributed by atoms with Gasteiger partial charge in [0.25, 0.3) is 0 Å². The van der Waals surface area contributed by atoms with Crippen LogP contribution in [0.3, 0.4) is 0 Å². The van der Waals surface area contributed by atoms with Crippen molar-refractivity contribution in [1.29, 1.82) is 0 Å². The van der Waals surface area contributed by atoms with E-state index in [0.717, 1.165) is 11.1 Å². The van der Waals surface area contributed by atoms with Crippen molar-refractivity contribution in [2.24, 2.45) is 0 Å². The Morgan fingerprint density at radius 3 is 2.11 bits per heavy atom. The van der Waals surface area contributed by atoms with E-state index in [0.29, 0.717) is 6.61 Å². The van der Waals surface area contributed by atoms with Crippen molar-refractivity contribution < 1.29 is 20.8 Å². The van der Waals surface area contributed by atoms with Crippen LogP contribution in [-0.4, -0.2) is 14.9 Å². The molecule has 0 N–H and O–H groups in total. The van der Waals surface area contributed by atoms with Gasteiger partial charge in [-0.25, -0.2) is 11.6 Å². The van der Waals surface area contributed by atoms with Crippen LogP contribution in [0.2, 0.25) is 18.1 Å². The molecule has 0 fully saturated rings. The predicted molar refractivity (Wildman–Crippen MR) is 88.5 cm³/mol. The first kappa shape index (κ1) is 21.8. The van der Waals surface area contributed by atoms with Gasteiger partial charge in [-0.3, -0.25) is 6.58 Å². The molecular formula is C15H27BrOSiZn. The number of halogens is 1. The molecule has 0 saturated carbocycles. The number of rotatable bonds is 5. The molecule has 0 rings (SSSR count). The molecule has 0 radical (unpaired) electrons. The fourth-order valence-corrected chi connectivity index (χ4v) is 2.06. The number of hydrogen-bond donors (Lipinski definition) is 0. The molecule has 0 bridgehead atoms. The first-order chi connectivity index (χ1) is 8.56. The van der Waals surface area contributed by atoms with Crippen molar-refractivity contribution >= 4 is 21.9 Å². The molecule has 0 aromatic heterocycles. The van der Waals surface area contributed by atoms with Gasteiger partial charge in [0.2, 0.25) is 0 Å². The van der Waals surface area contributed by atoms with Crippen LogP contribution in [-0.2, 0) is 20.8 Å². The monoisotopic (exact) mass is 394 g/mol. The topological polar surface area (TPSA) is 9.23 Å². The van der Waals surface area contributed by atoms with Crippen molar-refractivity contribution in [3.63, 3.8) is 0 Å². The molecule has 0 spiro atoms. The van der Waals surface area contributed by atoms with E-state index in [1.807, 2.05) is 19.9 Å². The predicted octanol–water partition coefficient (Wildman–Crippen LogP) is 5.73. The molecule has 106 valence electrons. The van der Waals surface area contributed by atoms with E-state index in [1.165, 1.54) is 16.3 Å². The van der Waals surface area contributed by atoms with Gasteiger partial charge in [-0.05, 0) is 18.1 Å². The third-order valence-corrected chi connectivity index (χ3v) is 7.68. The Hall–Kier alpha value is 0.500. The van der Waals surface area contributed by atoms with Crippen molar-refractivity contribution in [2.45, 2.75) is 52.8 Å². The summed E-state index contributed by atoms with van der Waals surface area (Å²) in [5, 5.41) is 0.271. The summed E-state index contributed by atoms with van der Waals surface area (Å²) in [6.07, 6.45) is 6.08. The van der Waals surface area contributed by atoms with Gasteiger partial charge in [-0.15, -0.1) is 5.57 Å². The van der Waals surface area contributed by atoms with E-state index in [1.54, 1.807) is 0 Å². The standard InChI is InChI=1S/C15H27OSi.BrH.Zn/c1-13(2)12-14(3)10-9-11-16-17(7,8)15(4,5)6;;/h1,9-10,12H,11H2,2-8H3;1H;/q-1;;+2/p-1/b10-9+,14-12+;;. The van der Waals surface area contributed by atoms with Gasteiger partial charge in [-0.2, -0.15) is 0 Å². The van der Waals surface area contributed by atoms with Gasteiger partial charge in [-0.1, -0.05) is 46.8 Å². The zero-order valence-corrected chi connectivity index (χ0v) is 19.1. The molecule has 0 saturated heterocycles. The summed E-state index contributed by atoms with van der Waals surface area (Å²) in [7, 11) is -1.61. The Morgan fingerprint density at radius 1 is 1.26 bits per heavy atom. The van der Waals surface area contributed by atoms with Crippen LogP contribution in [0.4, 0.5) is 0 Å². The van der Waals surface area contributed by atoms with Gasteiger partial charge in [0.1, 0.15) is 0 Å². The van der Waals surface area contributed by atoms with Crippen molar-refractivity contribution in [3.05, 3.63) is 36.0 Å². The van der Waals surface area contributed by atoms with Gasteiger partial charge < -0.3 is 4.43 Å². The van der Waals surface area contributed by atoms with Crippen LogP contribution < -0.4 is 0 Å². The molecule has 0 aromatic rings. The van der Waals surface area contributed by atoms with Crippen molar-refractivity contribution in [3.8, 4) is 0 Å². The zero-order valence-electron chi connectivity index (χ0n) is 13.5. The first-order valence-corrected chi connectivity index (χ1v) is 16.3. The maximum absolute atomic E-state index is 6.04. The Balaban J connectivity index is 0. The van der Waals surface area contributed by atoms with E-state index in [2.05, 4.69) is 59.6 Å². The average Bonchev–Trinajstić information content (AvgIpc) is 2.25. The van der Waals surface area contributed by atoms with Gasteiger partial charge in [0.05, 0.1) is 6.61 Å². The molecule has 0 amide bonds. The summed E-state index contributed by atoms with van der Waals surface area (Å²) in [4.78, 5) is 0. The quantitative estimate of drug-likeness (QED) is 0.327. The molecule has 0 aliphatic carbocycles. The minimum absolute atomic E-state index is 0.271. The Kier molecular flexibility index (Phi) is 11.8. The molecular weight excluding hydrogens is 370 g/mol. The second-order valence-electron chi connectivity index (χ2n) is 6.11. The van der Waals surface area contributed by atoms with E-state index in [9.17, 15) is 0 Å². The van der Waals surface area contributed by atoms with Crippen LogP contribution in [0.5, 0.6) is 0 Å². The molecule has 0 aromatic carbocycles. The van der Waals surface area contributed by atoms with E-state index in [4.69, 9.17) is 11.0 Å². The number of hydrogen-bond acceptors (Lipinski definition) is 1. The second kappa shape index (κ2) is 10.3. The maximum atomic E-state index is 6.04. The van der Waals surface area contributed by atoms with Crippen LogP contribution in [0.25, 0.3) is 0 Å². The third kappa shape index (κ3) is 10.9. The zero-order chi connectivity index (χ0) is 15.7. The summed E-state index contributed by atoms with van der Waals surface area (Å²) in [6, 6.07) is 0. The van der Waals surface area contributed by atoms with Crippen LogP contribution >= 0.6 is 13.6 Å². The normalized spacial score (nSPS) is 13.3. The van der Waals surface area contributed by atoms with Crippen LogP contribution in [0.1, 0.15) is 34.6 Å². The molecule has 0 heterocycles. The molecule has 4 heteroatoms. The van der Waals surface area contributed by atoms with Crippen LogP contribution in [0.15, 0.2) is 29.4 Å². The molecule has 0 unspecified atom stereocenters. The fraction of sp³-hybridized carbons (Fsp3) is 0.600. The molecule has 19 heavy (non-hydrogen) atoms. The summed E-state index contributed by atoms with van der Waals surface area (Å²) in [5.41, 5.74) is 1.99. The minimum atomic E-state index is -1.61. The van der Waals surface area contributed by atoms with Gasteiger partial charge in [0, 0.05) is 0 Å². The SMILES string of the molecule is [CH-]=C(C)/C=C(C)/C=C/CO[Si](C)(C)C(C)(C)C.[Zn+][Br]. The fourth-order valence-electron chi connectivity index (χ4n) is 1.11. The van der Waals surface area contributed by atoms with Crippen molar-refractivity contribution in [1.82, 2.24) is 0 Å². The summed E-state index contributed by atoms with van der Waals surface area (Å²) >= 11 is 4.25. The van der Waals surface area contributed by atoms with E-state index in [-0.39, 0.29) is 5.04 Å². The van der Waals surface area contributed by atoms with Gasteiger partial charge >= 0.3 is 30.0 Å². The average molecular weight is 397 g/mol. The Bertz CT molecular complexity index is 328. The second-order valence-corrected chi connectivity index (χ2v) is 10.9. The van der Waals surface area contributed by atoms with E-state index < -0.39 is 8.32 Å². The van der Waals surface area contributed by atoms with Crippen LogP contribution in [0, 0.1) is 6.58 Å². The molecule has 1 nitrogen and oxygen atoms in total. The Labute approximate surface area is 137 Å². The summed E-state index contributed by atoms with van der Waals surface area (Å²) < 4.78 is 6.04. The van der Waals surface area contributed by atoms with E-state index >= 15 is 0 Å². The summed E-state index contributed by atoms with van der Waals surface area (Å²) in [5.74, 6) is 0. The number of allylic oxidation sites excluding steroid dienone is 4.